The van der Waals surface area contributed by atoms with Gasteiger partial charge in [0.05, 0.1) is 5.69 Å². The molecule has 100 valence electrons. The van der Waals surface area contributed by atoms with Gasteiger partial charge in [-0.25, -0.2) is 0 Å². The maximum Gasteiger partial charge on any atom is 0.0893 e. The number of hydrogen-bond donors (Lipinski definition) is 1. The van der Waals surface area contributed by atoms with Crippen molar-refractivity contribution in [2.45, 2.75) is 45.2 Å². The Morgan fingerprint density at radius 3 is 2.89 bits per heavy atom. The van der Waals surface area contributed by atoms with Crippen molar-refractivity contribution in [3.8, 4) is 0 Å². The normalized spacial score (nSPS) is 16.1. The Kier molecular flexibility index (Phi) is 3.89. The molecule has 1 N–H and O–H groups in total. The topological polar surface area (TPSA) is 37.8 Å². The molecule has 0 spiro atoms. The summed E-state index contributed by atoms with van der Waals surface area (Å²) < 4.78 is 3.88. The van der Waals surface area contributed by atoms with Crippen molar-refractivity contribution in [2.24, 2.45) is 0 Å². The third-order valence-electron chi connectivity index (χ3n) is 3.87. The second-order valence-corrected chi connectivity index (χ2v) is 5.84. The summed E-state index contributed by atoms with van der Waals surface area (Å²) in [4.78, 5) is 0. The van der Waals surface area contributed by atoms with Crippen LogP contribution in [0.3, 0.4) is 0 Å². The maximum absolute atomic E-state index is 4.06. The quantitative estimate of drug-likeness (QED) is 0.929. The second-order valence-electron chi connectivity index (χ2n) is 5.23. The summed E-state index contributed by atoms with van der Waals surface area (Å²) in [5.41, 5.74) is 5.50. The first kappa shape index (κ1) is 12.8. The highest BCUT2D eigenvalue weighted by Gasteiger charge is 2.12. The van der Waals surface area contributed by atoms with Crippen LogP contribution in [0.4, 0.5) is 0 Å². The molecule has 0 saturated heterocycles. The Labute approximate surface area is 118 Å². The van der Waals surface area contributed by atoms with Crippen LogP contribution in [0.15, 0.2) is 23.6 Å². The van der Waals surface area contributed by atoms with Gasteiger partial charge in [0, 0.05) is 18.0 Å². The van der Waals surface area contributed by atoms with Gasteiger partial charge >= 0.3 is 0 Å². The molecule has 0 fully saturated rings. The highest BCUT2D eigenvalue weighted by Crippen LogP contribution is 2.24. The van der Waals surface area contributed by atoms with Crippen LogP contribution in [0.2, 0.25) is 0 Å². The van der Waals surface area contributed by atoms with E-state index < -0.39 is 0 Å². The average Bonchev–Trinajstić information content (AvgIpc) is 2.97. The Morgan fingerprint density at radius 1 is 1.26 bits per heavy atom. The number of hydrogen-bond acceptors (Lipinski definition) is 4. The molecule has 1 unspecified atom stereocenters. The van der Waals surface area contributed by atoms with E-state index in [1.165, 1.54) is 42.8 Å². The molecule has 3 rings (SSSR count). The molecular formula is C15H19N3S. The van der Waals surface area contributed by atoms with E-state index in [1.807, 2.05) is 5.38 Å². The number of nitrogens with one attached hydrogen (secondary N) is 1. The summed E-state index contributed by atoms with van der Waals surface area (Å²) in [6.45, 7) is 3.00. The Bertz CT molecular complexity index is 536. The fraction of sp³-hybridized carbons (Fsp3) is 0.467. The zero-order chi connectivity index (χ0) is 13.1. The predicted molar refractivity (Wildman–Crippen MR) is 78.2 cm³/mol. The van der Waals surface area contributed by atoms with E-state index >= 15 is 0 Å². The van der Waals surface area contributed by atoms with Crippen LogP contribution in [0, 0.1) is 0 Å². The highest BCUT2D eigenvalue weighted by molar-refractivity contribution is 7.03. The van der Waals surface area contributed by atoms with Gasteiger partial charge in [0.1, 0.15) is 0 Å². The number of fused-ring (bicyclic) bond motifs is 1. The molecule has 0 aliphatic heterocycles. The first-order chi connectivity index (χ1) is 9.33. The number of rotatable bonds is 4. The highest BCUT2D eigenvalue weighted by atomic mass is 32.1. The Balaban J connectivity index is 1.67. The fourth-order valence-electron chi connectivity index (χ4n) is 2.66. The van der Waals surface area contributed by atoms with Crippen molar-refractivity contribution in [1.82, 2.24) is 14.9 Å². The van der Waals surface area contributed by atoms with Crippen LogP contribution in [0.1, 0.15) is 48.2 Å². The standard InChI is InChI=1S/C15H19N3S/c1-11(16-9-15-10-19-18-17-15)13-7-6-12-4-2-3-5-14(12)8-13/h6-8,10-11,16H,2-5,9H2,1H3. The molecule has 0 bridgehead atoms. The van der Waals surface area contributed by atoms with Gasteiger partial charge < -0.3 is 5.32 Å². The van der Waals surface area contributed by atoms with E-state index in [0.717, 1.165) is 12.2 Å². The lowest BCUT2D eigenvalue weighted by Crippen LogP contribution is -2.19. The SMILES string of the molecule is CC(NCc1csnn1)c1ccc2c(c1)CCCC2. The molecule has 1 aromatic heterocycles. The average molecular weight is 273 g/mol. The number of benzene rings is 1. The molecular weight excluding hydrogens is 254 g/mol. The van der Waals surface area contributed by atoms with Gasteiger partial charge in [-0.15, -0.1) is 5.10 Å². The molecule has 2 aromatic rings. The molecule has 1 aromatic carbocycles. The van der Waals surface area contributed by atoms with Gasteiger partial charge in [-0.3, -0.25) is 0 Å². The van der Waals surface area contributed by atoms with Gasteiger partial charge in [0.15, 0.2) is 0 Å². The summed E-state index contributed by atoms with van der Waals surface area (Å²) in [6, 6.07) is 7.31. The number of nitrogens with zero attached hydrogens (tertiary/aromatic N) is 2. The van der Waals surface area contributed by atoms with E-state index in [2.05, 4.69) is 40.0 Å². The van der Waals surface area contributed by atoms with Crippen molar-refractivity contribution in [2.75, 3.05) is 0 Å². The third kappa shape index (κ3) is 3.01. The van der Waals surface area contributed by atoms with Crippen LogP contribution >= 0.6 is 11.5 Å². The lowest BCUT2D eigenvalue weighted by molar-refractivity contribution is 0.565. The summed E-state index contributed by atoms with van der Waals surface area (Å²) in [6.07, 6.45) is 5.17. The zero-order valence-electron chi connectivity index (χ0n) is 11.2. The minimum atomic E-state index is 0.355. The monoisotopic (exact) mass is 273 g/mol. The second kappa shape index (κ2) is 5.80. The van der Waals surface area contributed by atoms with E-state index in [-0.39, 0.29) is 0 Å². The maximum atomic E-state index is 4.06. The molecule has 1 aliphatic rings. The van der Waals surface area contributed by atoms with Crippen LogP contribution in [0.25, 0.3) is 0 Å². The molecule has 0 amide bonds. The lowest BCUT2D eigenvalue weighted by atomic mass is 9.89. The van der Waals surface area contributed by atoms with Crippen LogP contribution in [-0.2, 0) is 19.4 Å². The summed E-state index contributed by atoms with van der Waals surface area (Å²) >= 11 is 1.40. The van der Waals surface area contributed by atoms with Crippen molar-refractivity contribution in [1.29, 1.82) is 0 Å². The van der Waals surface area contributed by atoms with E-state index in [9.17, 15) is 0 Å². The minimum Gasteiger partial charge on any atom is -0.304 e. The predicted octanol–water partition coefficient (Wildman–Crippen LogP) is 3.27. The summed E-state index contributed by atoms with van der Waals surface area (Å²) in [5.74, 6) is 0. The Morgan fingerprint density at radius 2 is 2.11 bits per heavy atom. The van der Waals surface area contributed by atoms with Crippen molar-refractivity contribution in [3.63, 3.8) is 0 Å². The largest absolute Gasteiger partial charge is 0.304 e. The fourth-order valence-corrected chi connectivity index (χ4v) is 3.11. The third-order valence-corrected chi connectivity index (χ3v) is 4.42. The van der Waals surface area contributed by atoms with Gasteiger partial charge in [-0.2, -0.15) is 0 Å². The van der Waals surface area contributed by atoms with Gasteiger partial charge in [0.25, 0.3) is 0 Å². The summed E-state index contributed by atoms with van der Waals surface area (Å²) in [5, 5.41) is 9.56. The zero-order valence-corrected chi connectivity index (χ0v) is 12.0. The molecule has 1 atom stereocenters. The molecule has 0 radical (unpaired) electrons. The van der Waals surface area contributed by atoms with Crippen molar-refractivity contribution in [3.05, 3.63) is 46.0 Å². The molecule has 0 saturated carbocycles. The first-order valence-corrected chi connectivity index (χ1v) is 7.77. The molecule has 1 heterocycles. The molecule has 19 heavy (non-hydrogen) atoms. The number of aromatic nitrogens is 2. The summed E-state index contributed by atoms with van der Waals surface area (Å²) in [7, 11) is 0. The van der Waals surface area contributed by atoms with E-state index in [0.29, 0.717) is 6.04 Å². The van der Waals surface area contributed by atoms with Gasteiger partial charge in [-0.05, 0) is 60.8 Å². The van der Waals surface area contributed by atoms with E-state index in [1.54, 1.807) is 11.1 Å². The van der Waals surface area contributed by atoms with Gasteiger partial charge in [-0.1, -0.05) is 22.7 Å². The minimum absolute atomic E-state index is 0.355. The first-order valence-electron chi connectivity index (χ1n) is 6.94. The molecule has 3 nitrogen and oxygen atoms in total. The van der Waals surface area contributed by atoms with Gasteiger partial charge in [0.2, 0.25) is 0 Å². The smallest absolute Gasteiger partial charge is 0.0893 e. The van der Waals surface area contributed by atoms with Crippen molar-refractivity contribution < 1.29 is 0 Å². The Hall–Kier alpha value is -1.26. The number of aryl methyl sites for hydroxylation is 2. The molecule has 4 heteroatoms. The van der Waals surface area contributed by atoms with Crippen LogP contribution < -0.4 is 5.32 Å². The van der Waals surface area contributed by atoms with Crippen LogP contribution in [-0.4, -0.2) is 9.59 Å². The van der Waals surface area contributed by atoms with Crippen molar-refractivity contribution >= 4 is 11.5 Å². The lowest BCUT2D eigenvalue weighted by Gasteiger charge is -2.19. The molecule has 1 aliphatic carbocycles. The van der Waals surface area contributed by atoms with E-state index in [4.69, 9.17) is 0 Å². The van der Waals surface area contributed by atoms with Crippen LogP contribution in [0.5, 0.6) is 0 Å².